The fourth-order valence-corrected chi connectivity index (χ4v) is 2.93. The van der Waals surface area contributed by atoms with E-state index in [9.17, 15) is 9.36 Å². The smallest absolute Gasteiger partial charge is 0.463 e. The number of hydrogen-bond donors (Lipinski definition) is 3. The lowest BCUT2D eigenvalue weighted by atomic mass is 10.1. The van der Waals surface area contributed by atoms with Crippen molar-refractivity contribution in [3.8, 4) is 0 Å². The first-order valence-corrected chi connectivity index (χ1v) is 14.2. The molecule has 0 bridgehead atoms. The molecule has 0 aliphatic heterocycles. The summed E-state index contributed by atoms with van der Waals surface area (Å²) in [6.45, 7) is 4.52. The van der Waals surface area contributed by atoms with E-state index in [0.29, 0.717) is 17.4 Å². The lowest BCUT2D eigenvalue weighted by Gasteiger charge is -2.23. The van der Waals surface area contributed by atoms with E-state index in [4.69, 9.17) is 19.6 Å². The molecule has 0 spiro atoms. The van der Waals surface area contributed by atoms with Gasteiger partial charge in [0.1, 0.15) is 19.8 Å². The zero-order valence-corrected chi connectivity index (χ0v) is 23.5. The SMILES string of the molecule is CC/C=C\C/C=C\C/C=C\CCCCCCCC(=O)OC[C@@H](C)O.C[N+](C)(C)CCOP(=O)(O)O. The number of rotatable bonds is 19. The molecule has 0 saturated heterocycles. The lowest BCUT2D eigenvalue weighted by molar-refractivity contribution is -0.870. The monoisotopic (exact) mass is 520 g/mol. The number of nitrogens with zero attached hydrogens (tertiary/aromatic N) is 1. The van der Waals surface area contributed by atoms with Crippen molar-refractivity contribution in [1.29, 1.82) is 0 Å². The number of allylic oxidation sites excluding steroid dienone is 6. The molecule has 0 amide bonds. The van der Waals surface area contributed by atoms with Gasteiger partial charge in [0, 0.05) is 6.42 Å². The Morgan fingerprint density at radius 1 is 0.914 bits per heavy atom. The van der Waals surface area contributed by atoms with Gasteiger partial charge in [0.25, 0.3) is 0 Å². The molecular weight excluding hydrogens is 469 g/mol. The second-order valence-corrected chi connectivity index (χ2v) is 10.7. The van der Waals surface area contributed by atoms with Crippen molar-refractivity contribution in [3.63, 3.8) is 0 Å². The highest BCUT2D eigenvalue weighted by Gasteiger charge is 2.16. The minimum Gasteiger partial charge on any atom is -0.463 e. The van der Waals surface area contributed by atoms with Crippen molar-refractivity contribution in [1.82, 2.24) is 0 Å². The lowest BCUT2D eigenvalue weighted by Crippen LogP contribution is -2.37. The molecule has 0 aromatic carbocycles. The van der Waals surface area contributed by atoms with Crippen molar-refractivity contribution in [3.05, 3.63) is 36.5 Å². The molecule has 0 aliphatic carbocycles. The Morgan fingerprint density at radius 3 is 2.00 bits per heavy atom. The normalized spacial score (nSPS) is 13.4. The predicted molar refractivity (Wildman–Crippen MR) is 143 cm³/mol. The Bertz CT molecular complexity index is 634. The molecule has 0 radical (unpaired) electrons. The average Bonchev–Trinajstić information content (AvgIpc) is 2.73. The number of carbonyl (C=O) groups excluding carboxylic acids is 1. The maximum absolute atomic E-state index is 11.3. The molecular formula is C26H51NO7P+. The number of phosphoric ester groups is 1. The van der Waals surface area contributed by atoms with Crippen molar-refractivity contribution in [2.24, 2.45) is 0 Å². The first kappa shape index (κ1) is 35.9. The fourth-order valence-electron chi connectivity index (χ4n) is 2.61. The first-order valence-electron chi connectivity index (χ1n) is 12.7. The van der Waals surface area contributed by atoms with Crippen LogP contribution >= 0.6 is 7.82 Å². The van der Waals surface area contributed by atoms with Crippen molar-refractivity contribution >= 4 is 13.8 Å². The third-order valence-corrected chi connectivity index (χ3v) is 5.06. The fraction of sp³-hybridized carbons (Fsp3) is 0.731. The van der Waals surface area contributed by atoms with Crippen LogP contribution in [-0.4, -0.2) is 72.4 Å². The maximum Gasteiger partial charge on any atom is 0.469 e. The Morgan fingerprint density at radius 2 is 1.46 bits per heavy atom. The number of aliphatic hydroxyl groups excluding tert-OH is 1. The average molecular weight is 521 g/mol. The van der Waals surface area contributed by atoms with E-state index in [-0.39, 0.29) is 19.2 Å². The molecule has 8 nitrogen and oxygen atoms in total. The third-order valence-electron chi connectivity index (χ3n) is 4.54. The summed E-state index contributed by atoms with van der Waals surface area (Å²) in [5.41, 5.74) is 0. The van der Waals surface area contributed by atoms with Gasteiger partial charge in [-0.1, -0.05) is 62.6 Å². The van der Waals surface area contributed by atoms with Crippen LogP contribution in [0.3, 0.4) is 0 Å². The molecule has 206 valence electrons. The van der Waals surface area contributed by atoms with E-state index in [1.807, 2.05) is 21.1 Å². The second kappa shape index (κ2) is 23.1. The summed E-state index contributed by atoms with van der Waals surface area (Å²) in [5.74, 6) is -0.197. The number of unbranched alkanes of at least 4 members (excludes halogenated alkanes) is 5. The van der Waals surface area contributed by atoms with Gasteiger partial charge in [-0.05, 0) is 45.4 Å². The Hall–Kier alpha value is -1.28. The number of likely N-dealkylation sites (N-methyl/N-ethyl adjacent to an activating group) is 1. The molecule has 0 saturated carbocycles. The minimum absolute atomic E-state index is 0.0772. The molecule has 9 heteroatoms. The summed E-state index contributed by atoms with van der Waals surface area (Å²) in [5, 5.41) is 9.02. The predicted octanol–water partition coefficient (Wildman–Crippen LogP) is 5.30. The van der Waals surface area contributed by atoms with Crippen LogP contribution < -0.4 is 0 Å². The van der Waals surface area contributed by atoms with Crippen LogP contribution in [0.5, 0.6) is 0 Å². The summed E-state index contributed by atoms with van der Waals surface area (Å²) in [6.07, 6.45) is 23.1. The Kier molecular flexibility index (Phi) is 23.7. The molecule has 3 N–H and O–H groups in total. The number of ether oxygens (including phenoxy) is 1. The number of esters is 1. The van der Waals surface area contributed by atoms with Crippen LogP contribution in [0.15, 0.2) is 36.5 Å². The van der Waals surface area contributed by atoms with Crippen LogP contribution in [0.1, 0.15) is 78.1 Å². The Balaban J connectivity index is 0. The van der Waals surface area contributed by atoms with Crippen LogP contribution in [0.25, 0.3) is 0 Å². The number of quaternary nitrogens is 1. The van der Waals surface area contributed by atoms with Gasteiger partial charge in [0.2, 0.25) is 0 Å². The maximum atomic E-state index is 11.3. The van der Waals surface area contributed by atoms with Gasteiger partial charge in [-0.15, -0.1) is 0 Å². The quantitative estimate of drug-likeness (QED) is 0.0696. The van der Waals surface area contributed by atoms with Crippen LogP contribution in [0.2, 0.25) is 0 Å². The minimum atomic E-state index is -4.26. The largest absolute Gasteiger partial charge is 0.469 e. The number of phosphoric acid groups is 1. The number of carbonyl (C=O) groups is 1. The third kappa shape index (κ3) is 37.4. The number of hydrogen-bond acceptors (Lipinski definition) is 5. The van der Waals surface area contributed by atoms with Gasteiger partial charge in [0.15, 0.2) is 0 Å². The summed E-state index contributed by atoms with van der Waals surface area (Å²) >= 11 is 0. The molecule has 0 aromatic heterocycles. The number of aliphatic hydroxyl groups is 1. The molecule has 0 rings (SSSR count). The van der Waals surface area contributed by atoms with E-state index in [1.165, 1.54) is 19.3 Å². The molecule has 0 aromatic rings. The van der Waals surface area contributed by atoms with Crippen LogP contribution in [0.4, 0.5) is 0 Å². The van der Waals surface area contributed by atoms with Gasteiger partial charge in [-0.25, -0.2) is 4.57 Å². The molecule has 35 heavy (non-hydrogen) atoms. The summed E-state index contributed by atoms with van der Waals surface area (Å²) in [4.78, 5) is 27.9. The highest BCUT2D eigenvalue weighted by molar-refractivity contribution is 7.46. The van der Waals surface area contributed by atoms with Gasteiger partial charge in [0.05, 0.1) is 27.2 Å². The van der Waals surface area contributed by atoms with Gasteiger partial charge in [-0.2, -0.15) is 0 Å². The van der Waals surface area contributed by atoms with Gasteiger partial charge >= 0.3 is 13.8 Å². The van der Waals surface area contributed by atoms with Gasteiger partial charge in [-0.3, -0.25) is 9.32 Å². The van der Waals surface area contributed by atoms with Crippen LogP contribution in [0, 0.1) is 0 Å². The van der Waals surface area contributed by atoms with Crippen molar-refractivity contribution < 1.29 is 38.0 Å². The topological polar surface area (TPSA) is 113 Å². The first-order chi connectivity index (χ1) is 16.4. The summed E-state index contributed by atoms with van der Waals surface area (Å²) < 4.78 is 20.0. The highest BCUT2D eigenvalue weighted by atomic mass is 31.2. The molecule has 0 unspecified atom stereocenters. The van der Waals surface area contributed by atoms with E-state index in [2.05, 4.69) is 47.9 Å². The summed E-state index contributed by atoms with van der Waals surface area (Å²) in [7, 11) is 1.50. The molecule has 1 atom stereocenters. The Labute approximate surface area is 213 Å². The second-order valence-electron chi connectivity index (χ2n) is 9.47. The zero-order valence-electron chi connectivity index (χ0n) is 22.6. The molecule has 0 fully saturated rings. The standard InChI is InChI=1S/C21H36O3.C5H14NO4P/c1-3-4-5-6-7-8-9-10-11-12-13-14-15-16-17-18-21(23)24-19-20(2)22;1-6(2,3)4-5-10-11(7,8)9/h4-5,7-8,10-11,20,22H,3,6,9,12-19H2,1-2H3;4-5H2,1-3H3,(H-,7,8,9)/p+1/b5-4-,8-7-,11-10-;/t20-;/m1./s1. The van der Waals surface area contributed by atoms with Gasteiger partial charge < -0.3 is 24.1 Å². The van der Waals surface area contributed by atoms with E-state index in [0.717, 1.165) is 38.5 Å². The van der Waals surface area contributed by atoms with Crippen LogP contribution in [-0.2, 0) is 18.6 Å². The van der Waals surface area contributed by atoms with E-state index in [1.54, 1.807) is 6.92 Å². The van der Waals surface area contributed by atoms with Crippen molar-refractivity contribution in [2.45, 2.75) is 84.2 Å². The molecule has 0 heterocycles. The molecule has 0 aliphatic rings. The van der Waals surface area contributed by atoms with Crippen molar-refractivity contribution in [2.75, 3.05) is 40.9 Å². The zero-order chi connectivity index (χ0) is 27.0. The highest BCUT2D eigenvalue weighted by Crippen LogP contribution is 2.35. The van der Waals surface area contributed by atoms with E-state index < -0.39 is 13.9 Å². The summed E-state index contributed by atoms with van der Waals surface area (Å²) in [6, 6.07) is 0. The van der Waals surface area contributed by atoms with E-state index >= 15 is 0 Å².